The largest absolute Gasteiger partial charge is 0.497 e. The fourth-order valence-corrected chi connectivity index (χ4v) is 2.76. The summed E-state index contributed by atoms with van der Waals surface area (Å²) in [6.07, 6.45) is 0. The minimum Gasteiger partial charge on any atom is -0.497 e. The molecule has 1 amide bonds. The van der Waals surface area contributed by atoms with Crippen molar-refractivity contribution in [3.8, 4) is 22.8 Å². The Balaban J connectivity index is 1.60. The smallest absolute Gasteiger partial charge is 0.374 e. The molecule has 7 nitrogen and oxygen atoms in total. The highest BCUT2D eigenvalue weighted by Crippen LogP contribution is 2.29. The molecule has 1 aromatic heterocycles. The van der Waals surface area contributed by atoms with Gasteiger partial charge in [-0.3, -0.25) is 4.79 Å². The van der Waals surface area contributed by atoms with E-state index >= 15 is 0 Å². The van der Waals surface area contributed by atoms with E-state index < -0.39 is 18.5 Å². The van der Waals surface area contributed by atoms with E-state index in [0.29, 0.717) is 33.5 Å². The van der Waals surface area contributed by atoms with Crippen LogP contribution in [0.1, 0.15) is 10.6 Å². The molecule has 0 aliphatic heterocycles. The van der Waals surface area contributed by atoms with Gasteiger partial charge in [-0.05, 0) is 24.3 Å². The Hall–Kier alpha value is -3.45. The lowest BCUT2D eigenvalue weighted by Crippen LogP contribution is -2.20. The molecule has 0 radical (unpaired) electrons. The number of anilines is 1. The number of esters is 1. The molecule has 0 saturated heterocycles. The fraction of sp³-hybridized carbons (Fsp3) is 0.143. The van der Waals surface area contributed by atoms with Gasteiger partial charge in [0.2, 0.25) is 5.76 Å². The monoisotopic (exact) mass is 415 g/mol. The summed E-state index contributed by atoms with van der Waals surface area (Å²) in [6, 6.07) is 15.1. The Bertz CT molecular complexity index is 1010. The van der Waals surface area contributed by atoms with Crippen LogP contribution in [0.2, 0.25) is 5.02 Å². The van der Waals surface area contributed by atoms with Gasteiger partial charge in [-0.2, -0.15) is 0 Å². The summed E-state index contributed by atoms with van der Waals surface area (Å²) < 4.78 is 20.8. The number of methoxy groups -OCH3 is 2. The van der Waals surface area contributed by atoms with Gasteiger partial charge in [0.05, 0.1) is 19.2 Å². The second-order valence-electron chi connectivity index (χ2n) is 5.87. The van der Waals surface area contributed by atoms with Gasteiger partial charge in [0.15, 0.2) is 6.61 Å². The predicted molar refractivity (Wildman–Crippen MR) is 108 cm³/mol. The molecular weight excluding hydrogens is 398 g/mol. The summed E-state index contributed by atoms with van der Waals surface area (Å²) in [4.78, 5) is 24.3. The first-order valence-electron chi connectivity index (χ1n) is 8.55. The number of carbonyl (C=O) groups excluding carboxylic acids is 2. The molecule has 0 bridgehead atoms. The molecule has 3 rings (SSSR count). The number of carbonyl (C=O) groups is 2. The number of halogens is 1. The van der Waals surface area contributed by atoms with Gasteiger partial charge in [0.25, 0.3) is 5.91 Å². The third-order valence-electron chi connectivity index (χ3n) is 3.92. The maximum absolute atomic E-state index is 12.2. The van der Waals surface area contributed by atoms with Crippen LogP contribution in [0.5, 0.6) is 11.5 Å². The van der Waals surface area contributed by atoms with Crippen LogP contribution in [0, 0.1) is 0 Å². The topological polar surface area (TPSA) is 87.0 Å². The molecule has 0 spiro atoms. The molecule has 0 unspecified atom stereocenters. The van der Waals surface area contributed by atoms with Gasteiger partial charge in [0.1, 0.15) is 17.3 Å². The van der Waals surface area contributed by atoms with Crippen LogP contribution in [0.4, 0.5) is 5.69 Å². The minimum absolute atomic E-state index is 0.0317. The van der Waals surface area contributed by atoms with Crippen molar-refractivity contribution in [2.75, 3.05) is 26.1 Å². The molecule has 29 heavy (non-hydrogen) atoms. The zero-order chi connectivity index (χ0) is 20.8. The van der Waals surface area contributed by atoms with Gasteiger partial charge >= 0.3 is 5.97 Å². The van der Waals surface area contributed by atoms with E-state index in [9.17, 15) is 9.59 Å². The third kappa shape index (κ3) is 5.08. The van der Waals surface area contributed by atoms with Crippen LogP contribution < -0.4 is 14.8 Å². The van der Waals surface area contributed by atoms with E-state index in [1.54, 1.807) is 48.5 Å². The first-order chi connectivity index (χ1) is 14.0. The summed E-state index contributed by atoms with van der Waals surface area (Å²) in [6.45, 7) is -0.486. The number of hydrogen-bond donors (Lipinski definition) is 1. The lowest BCUT2D eigenvalue weighted by atomic mass is 10.2. The Morgan fingerprint density at radius 2 is 1.69 bits per heavy atom. The van der Waals surface area contributed by atoms with Crippen molar-refractivity contribution in [2.24, 2.45) is 0 Å². The lowest BCUT2D eigenvalue weighted by Gasteiger charge is -2.10. The number of amides is 1. The second kappa shape index (κ2) is 9.16. The molecule has 8 heteroatoms. The van der Waals surface area contributed by atoms with Crippen molar-refractivity contribution in [1.82, 2.24) is 0 Å². The molecule has 1 N–H and O–H groups in total. The number of rotatable bonds is 7. The predicted octanol–water partition coefficient (Wildman–Crippen LogP) is 4.41. The van der Waals surface area contributed by atoms with E-state index in [2.05, 4.69) is 5.32 Å². The van der Waals surface area contributed by atoms with Crippen molar-refractivity contribution in [3.05, 3.63) is 65.4 Å². The SMILES string of the molecule is COc1cc(NC(=O)COC(=O)c2ccc(-c3ccccc3Cl)o2)cc(OC)c1. The molecular formula is C21H18ClNO6. The molecule has 3 aromatic rings. The van der Waals surface area contributed by atoms with E-state index in [-0.39, 0.29) is 5.76 Å². The summed E-state index contributed by atoms with van der Waals surface area (Å²) in [5.74, 6) is 0.137. The number of furan rings is 1. The average Bonchev–Trinajstić information content (AvgIpc) is 3.22. The summed E-state index contributed by atoms with van der Waals surface area (Å²) in [5, 5.41) is 3.11. The van der Waals surface area contributed by atoms with Gasteiger partial charge in [-0.1, -0.05) is 23.7 Å². The van der Waals surface area contributed by atoms with Gasteiger partial charge in [-0.25, -0.2) is 4.79 Å². The summed E-state index contributed by atoms with van der Waals surface area (Å²) in [7, 11) is 3.00. The zero-order valence-electron chi connectivity index (χ0n) is 15.7. The highest BCUT2D eigenvalue weighted by Gasteiger charge is 2.16. The van der Waals surface area contributed by atoms with Gasteiger partial charge in [-0.15, -0.1) is 0 Å². The molecule has 0 atom stereocenters. The number of nitrogens with one attached hydrogen (secondary N) is 1. The van der Waals surface area contributed by atoms with E-state index in [1.165, 1.54) is 20.3 Å². The number of benzene rings is 2. The molecule has 0 saturated carbocycles. The van der Waals surface area contributed by atoms with Crippen LogP contribution in [0.3, 0.4) is 0 Å². The van der Waals surface area contributed by atoms with E-state index in [4.69, 9.17) is 30.2 Å². The Morgan fingerprint density at radius 1 is 1.00 bits per heavy atom. The number of hydrogen-bond acceptors (Lipinski definition) is 6. The first kappa shape index (κ1) is 20.3. The second-order valence-corrected chi connectivity index (χ2v) is 6.28. The van der Waals surface area contributed by atoms with E-state index in [1.807, 2.05) is 0 Å². The van der Waals surface area contributed by atoms with Crippen LogP contribution >= 0.6 is 11.6 Å². The highest BCUT2D eigenvalue weighted by atomic mass is 35.5. The highest BCUT2D eigenvalue weighted by molar-refractivity contribution is 6.33. The Kier molecular flexibility index (Phi) is 6.41. The Morgan fingerprint density at radius 3 is 2.34 bits per heavy atom. The van der Waals surface area contributed by atoms with Crippen molar-refractivity contribution in [3.63, 3.8) is 0 Å². The van der Waals surface area contributed by atoms with Gasteiger partial charge < -0.3 is 23.9 Å². The third-order valence-corrected chi connectivity index (χ3v) is 4.25. The van der Waals surface area contributed by atoms with Crippen molar-refractivity contribution >= 4 is 29.2 Å². The minimum atomic E-state index is -0.762. The maximum atomic E-state index is 12.2. The van der Waals surface area contributed by atoms with E-state index in [0.717, 1.165) is 0 Å². The molecule has 150 valence electrons. The normalized spacial score (nSPS) is 10.3. The van der Waals surface area contributed by atoms with Crippen LogP contribution in [0.15, 0.2) is 59.0 Å². The zero-order valence-corrected chi connectivity index (χ0v) is 16.5. The fourth-order valence-electron chi connectivity index (χ4n) is 2.53. The molecule has 0 aliphatic carbocycles. The standard InChI is InChI=1S/C21H18ClNO6/c1-26-14-9-13(10-15(11-14)27-2)23-20(24)12-28-21(25)19-8-7-18(29-19)16-5-3-4-6-17(16)22/h3-11H,12H2,1-2H3,(H,23,24). The molecule has 0 aliphatic rings. The van der Waals surface area contributed by atoms with Crippen LogP contribution in [-0.2, 0) is 9.53 Å². The Labute approximate surface area is 172 Å². The first-order valence-corrected chi connectivity index (χ1v) is 8.92. The average molecular weight is 416 g/mol. The maximum Gasteiger partial charge on any atom is 0.374 e. The van der Waals surface area contributed by atoms with Crippen molar-refractivity contribution < 1.29 is 28.2 Å². The number of ether oxygens (including phenoxy) is 3. The summed E-state index contributed by atoms with van der Waals surface area (Å²) in [5.41, 5.74) is 1.10. The quantitative estimate of drug-likeness (QED) is 0.575. The molecule has 0 fully saturated rings. The van der Waals surface area contributed by atoms with Crippen LogP contribution in [0.25, 0.3) is 11.3 Å². The molecule has 2 aromatic carbocycles. The van der Waals surface area contributed by atoms with Gasteiger partial charge in [0, 0.05) is 29.4 Å². The van der Waals surface area contributed by atoms with Crippen LogP contribution in [-0.4, -0.2) is 32.7 Å². The van der Waals surface area contributed by atoms with Crippen molar-refractivity contribution in [2.45, 2.75) is 0 Å². The lowest BCUT2D eigenvalue weighted by molar-refractivity contribution is -0.119. The molecule has 1 heterocycles. The summed E-state index contributed by atoms with van der Waals surface area (Å²) >= 11 is 6.12. The van der Waals surface area contributed by atoms with Crippen molar-refractivity contribution in [1.29, 1.82) is 0 Å².